The number of anilines is 1. The van der Waals surface area contributed by atoms with E-state index in [1.165, 1.54) is 13.3 Å². The van der Waals surface area contributed by atoms with E-state index in [0.717, 1.165) is 5.69 Å². The van der Waals surface area contributed by atoms with Crippen molar-refractivity contribution in [2.75, 3.05) is 12.8 Å². The summed E-state index contributed by atoms with van der Waals surface area (Å²) in [4.78, 5) is 11.4. The van der Waals surface area contributed by atoms with Crippen LogP contribution in [0.1, 0.15) is 10.5 Å². The van der Waals surface area contributed by atoms with Gasteiger partial charge in [0.2, 0.25) is 0 Å². The average Bonchev–Trinajstić information content (AvgIpc) is 2.84. The Balaban J connectivity index is 2.49. The first-order valence-electron chi connectivity index (χ1n) is 4.68. The van der Waals surface area contributed by atoms with Gasteiger partial charge in [-0.15, -0.1) is 0 Å². The number of ether oxygens (including phenoxy) is 1. The van der Waals surface area contributed by atoms with E-state index in [1.807, 2.05) is 0 Å². The molecule has 0 unspecified atom stereocenters. The zero-order chi connectivity index (χ0) is 11.7. The van der Waals surface area contributed by atoms with Crippen LogP contribution in [0, 0.1) is 0 Å². The third-order valence-corrected chi connectivity index (χ3v) is 2.44. The number of carbonyl (C=O) groups excluding carboxylic acids is 1. The number of nitrogens with zero attached hydrogens (tertiary/aromatic N) is 2. The lowest BCUT2D eigenvalue weighted by atomic mass is 10.3. The van der Waals surface area contributed by atoms with E-state index in [1.54, 1.807) is 23.7 Å². The molecule has 0 radical (unpaired) electrons. The fraction of sp³-hybridized carbons (Fsp3) is 0.200. The molecule has 16 heavy (non-hydrogen) atoms. The fourth-order valence-corrected chi connectivity index (χ4v) is 1.57. The first-order chi connectivity index (χ1) is 7.65. The van der Waals surface area contributed by atoms with E-state index in [0.29, 0.717) is 17.1 Å². The number of nitrogens with one attached hydrogen (secondary N) is 1. The summed E-state index contributed by atoms with van der Waals surface area (Å²) in [5, 5.41) is 6.62. The van der Waals surface area contributed by atoms with Crippen molar-refractivity contribution >= 4 is 11.7 Å². The lowest BCUT2D eigenvalue weighted by molar-refractivity contribution is 0.0590. The number of hydrogen-bond donors (Lipinski definition) is 2. The first-order valence-corrected chi connectivity index (χ1v) is 4.68. The number of esters is 1. The summed E-state index contributed by atoms with van der Waals surface area (Å²) in [7, 11) is 3.11. The number of aromatic nitrogens is 3. The van der Waals surface area contributed by atoms with Crippen molar-refractivity contribution in [3.05, 3.63) is 24.0 Å². The van der Waals surface area contributed by atoms with Gasteiger partial charge in [-0.1, -0.05) is 0 Å². The van der Waals surface area contributed by atoms with Gasteiger partial charge in [0.05, 0.1) is 24.7 Å². The standard InChI is InChI=1S/C10H12N4O2/c1-14-7(9-6(11)5-12-13-9)3-4-8(14)10(15)16-2/h3-5H,11H2,1-2H3,(H,12,13). The maximum Gasteiger partial charge on any atom is 0.354 e. The molecule has 2 heterocycles. The smallest absolute Gasteiger partial charge is 0.354 e. The summed E-state index contributed by atoms with van der Waals surface area (Å²) in [5.41, 5.74) is 8.22. The Hall–Kier alpha value is -2.24. The minimum absolute atomic E-state index is 0.383. The molecular weight excluding hydrogens is 208 g/mol. The molecule has 0 aliphatic carbocycles. The highest BCUT2D eigenvalue weighted by Crippen LogP contribution is 2.24. The number of aromatic amines is 1. The number of methoxy groups -OCH3 is 1. The van der Waals surface area contributed by atoms with Gasteiger partial charge in [0.25, 0.3) is 0 Å². The van der Waals surface area contributed by atoms with Crippen molar-refractivity contribution in [3.8, 4) is 11.4 Å². The topological polar surface area (TPSA) is 85.9 Å². The average molecular weight is 220 g/mol. The van der Waals surface area contributed by atoms with Crippen LogP contribution in [-0.4, -0.2) is 27.8 Å². The van der Waals surface area contributed by atoms with Gasteiger partial charge in [-0.3, -0.25) is 5.10 Å². The summed E-state index contributed by atoms with van der Waals surface area (Å²) in [6, 6.07) is 3.47. The van der Waals surface area contributed by atoms with Crippen molar-refractivity contribution in [2.24, 2.45) is 7.05 Å². The molecule has 0 saturated heterocycles. The Morgan fingerprint density at radius 2 is 2.31 bits per heavy atom. The molecule has 0 fully saturated rings. The first kappa shape index (κ1) is 10.3. The maximum absolute atomic E-state index is 11.4. The Kier molecular flexibility index (Phi) is 2.40. The van der Waals surface area contributed by atoms with Crippen LogP contribution in [0.25, 0.3) is 11.4 Å². The lowest BCUT2D eigenvalue weighted by Gasteiger charge is -2.05. The van der Waals surface area contributed by atoms with Gasteiger partial charge in [-0.25, -0.2) is 4.79 Å². The maximum atomic E-state index is 11.4. The van der Waals surface area contributed by atoms with Crippen molar-refractivity contribution in [1.29, 1.82) is 0 Å². The van der Waals surface area contributed by atoms with Crippen LogP contribution in [0.15, 0.2) is 18.3 Å². The highest BCUT2D eigenvalue weighted by Gasteiger charge is 2.15. The number of nitrogen functional groups attached to an aromatic ring is 1. The lowest BCUT2D eigenvalue weighted by Crippen LogP contribution is -2.08. The van der Waals surface area contributed by atoms with Gasteiger partial charge in [0.1, 0.15) is 11.4 Å². The van der Waals surface area contributed by atoms with E-state index in [2.05, 4.69) is 14.9 Å². The Bertz CT molecular complexity index is 527. The summed E-state index contributed by atoms with van der Waals surface area (Å²) in [5.74, 6) is -0.383. The Morgan fingerprint density at radius 1 is 1.56 bits per heavy atom. The zero-order valence-corrected chi connectivity index (χ0v) is 9.02. The zero-order valence-electron chi connectivity index (χ0n) is 9.02. The number of nitrogens with two attached hydrogens (primary N) is 1. The molecule has 0 aliphatic rings. The molecule has 2 rings (SSSR count). The number of H-pyrrole nitrogens is 1. The molecule has 0 spiro atoms. The van der Waals surface area contributed by atoms with Crippen LogP contribution in [0.4, 0.5) is 5.69 Å². The number of carbonyl (C=O) groups is 1. The predicted molar refractivity (Wildman–Crippen MR) is 58.7 cm³/mol. The second kappa shape index (κ2) is 3.73. The summed E-state index contributed by atoms with van der Waals surface area (Å²) < 4.78 is 6.37. The summed E-state index contributed by atoms with van der Waals surface area (Å²) >= 11 is 0. The normalized spacial score (nSPS) is 10.4. The molecule has 84 valence electrons. The Labute approximate surface area is 92.0 Å². The molecule has 2 aromatic rings. The minimum Gasteiger partial charge on any atom is -0.464 e. The van der Waals surface area contributed by atoms with Crippen LogP contribution < -0.4 is 5.73 Å². The van der Waals surface area contributed by atoms with Gasteiger partial charge in [-0.05, 0) is 12.1 Å². The van der Waals surface area contributed by atoms with Crippen LogP contribution in [0.3, 0.4) is 0 Å². The third kappa shape index (κ3) is 1.44. The molecule has 3 N–H and O–H groups in total. The highest BCUT2D eigenvalue weighted by molar-refractivity contribution is 5.89. The molecule has 2 aromatic heterocycles. The van der Waals surface area contributed by atoms with Gasteiger partial charge < -0.3 is 15.0 Å². The van der Waals surface area contributed by atoms with Crippen LogP contribution in [0.5, 0.6) is 0 Å². The molecule has 0 aromatic carbocycles. The van der Waals surface area contributed by atoms with Gasteiger partial charge >= 0.3 is 5.97 Å². The summed E-state index contributed by atoms with van der Waals surface area (Å²) in [6.45, 7) is 0. The van der Waals surface area contributed by atoms with Crippen molar-refractivity contribution < 1.29 is 9.53 Å². The molecule has 0 atom stereocenters. The van der Waals surface area contributed by atoms with Gasteiger partial charge in [-0.2, -0.15) is 5.10 Å². The summed E-state index contributed by atoms with van der Waals surface area (Å²) in [6.07, 6.45) is 1.53. The second-order valence-electron chi connectivity index (χ2n) is 3.35. The number of hydrogen-bond acceptors (Lipinski definition) is 4. The SMILES string of the molecule is COC(=O)c1ccc(-c2[nH]ncc2N)n1C. The highest BCUT2D eigenvalue weighted by atomic mass is 16.5. The third-order valence-electron chi connectivity index (χ3n) is 2.44. The van der Waals surface area contributed by atoms with Crippen molar-refractivity contribution in [1.82, 2.24) is 14.8 Å². The molecule has 6 nitrogen and oxygen atoms in total. The minimum atomic E-state index is -0.383. The molecule has 0 bridgehead atoms. The van der Waals surface area contributed by atoms with Crippen LogP contribution in [-0.2, 0) is 11.8 Å². The molecule has 0 saturated carbocycles. The van der Waals surface area contributed by atoms with Crippen LogP contribution >= 0.6 is 0 Å². The second-order valence-corrected chi connectivity index (χ2v) is 3.35. The predicted octanol–water partition coefficient (Wildman–Crippen LogP) is 0.784. The number of rotatable bonds is 2. The van der Waals surface area contributed by atoms with E-state index in [4.69, 9.17) is 5.73 Å². The molecule has 0 amide bonds. The Morgan fingerprint density at radius 3 is 2.88 bits per heavy atom. The fourth-order valence-electron chi connectivity index (χ4n) is 1.57. The van der Waals surface area contributed by atoms with E-state index in [9.17, 15) is 4.79 Å². The molecule has 0 aliphatic heterocycles. The quantitative estimate of drug-likeness (QED) is 0.732. The largest absolute Gasteiger partial charge is 0.464 e. The molecular formula is C10H12N4O2. The monoisotopic (exact) mass is 220 g/mol. The van der Waals surface area contributed by atoms with Gasteiger partial charge in [0.15, 0.2) is 0 Å². The molecule has 6 heteroatoms. The van der Waals surface area contributed by atoms with E-state index in [-0.39, 0.29) is 5.97 Å². The van der Waals surface area contributed by atoms with Crippen molar-refractivity contribution in [3.63, 3.8) is 0 Å². The van der Waals surface area contributed by atoms with E-state index < -0.39 is 0 Å². The van der Waals surface area contributed by atoms with Crippen molar-refractivity contribution in [2.45, 2.75) is 0 Å². The van der Waals surface area contributed by atoms with Gasteiger partial charge in [0, 0.05) is 7.05 Å². The van der Waals surface area contributed by atoms with Crippen LogP contribution in [0.2, 0.25) is 0 Å². The van der Waals surface area contributed by atoms with E-state index >= 15 is 0 Å².